The first-order chi connectivity index (χ1) is 14.4. The van der Waals surface area contributed by atoms with E-state index in [0.717, 1.165) is 37.9 Å². The molecule has 0 spiro atoms. The van der Waals surface area contributed by atoms with Gasteiger partial charge in [-0.2, -0.15) is 0 Å². The average molecular weight is 421 g/mol. The predicted octanol–water partition coefficient (Wildman–Crippen LogP) is 2.05. The largest absolute Gasteiger partial charge is 0.465 e. The molecule has 3 saturated heterocycles. The van der Waals surface area contributed by atoms with Gasteiger partial charge in [-0.15, -0.1) is 0 Å². The second kappa shape index (κ2) is 8.69. The van der Waals surface area contributed by atoms with Gasteiger partial charge in [0.15, 0.2) is 0 Å². The summed E-state index contributed by atoms with van der Waals surface area (Å²) in [6.45, 7) is 10.7. The number of nitrogens with zero attached hydrogens (tertiary/aromatic N) is 2. The zero-order valence-electron chi connectivity index (χ0n) is 17.7. The lowest BCUT2D eigenvalue weighted by Gasteiger charge is -2.29. The molecule has 1 aliphatic carbocycles. The number of carbonyl (C=O) groups excluding carboxylic acids is 1. The van der Waals surface area contributed by atoms with Gasteiger partial charge in [-0.25, -0.2) is 9.59 Å². The van der Waals surface area contributed by atoms with Gasteiger partial charge in [0.25, 0.3) is 0 Å². The number of allylic oxidation sites excluding steroid dienone is 1. The van der Waals surface area contributed by atoms with Crippen molar-refractivity contribution < 1.29 is 28.9 Å². The third-order valence-corrected chi connectivity index (χ3v) is 6.89. The molecule has 1 amide bonds. The minimum atomic E-state index is -0.902. The van der Waals surface area contributed by atoms with Gasteiger partial charge >= 0.3 is 12.1 Å². The van der Waals surface area contributed by atoms with Crippen LogP contribution in [0.25, 0.3) is 0 Å². The van der Waals surface area contributed by atoms with Gasteiger partial charge < -0.3 is 24.2 Å². The molecule has 8 heteroatoms. The molecule has 4 rings (SSSR count). The molecule has 3 fully saturated rings. The first kappa shape index (κ1) is 21.3. The van der Waals surface area contributed by atoms with Crippen LogP contribution in [0.2, 0.25) is 0 Å². The molecule has 0 aromatic carbocycles. The van der Waals surface area contributed by atoms with Gasteiger partial charge in [0.1, 0.15) is 12.2 Å². The SMILES string of the molecule is C=C1C(=O)O[C@H]2[C@H]1CC/C(CN(CCN1CCOCC1)C(=O)O)=C\CC[C@@]1(C)O[C@@H]21. The molecule has 8 nitrogen and oxygen atoms in total. The molecule has 166 valence electrons. The molecular formula is C22H32N2O6. The van der Waals surface area contributed by atoms with Crippen molar-refractivity contribution in [2.24, 2.45) is 5.92 Å². The Morgan fingerprint density at radius 3 is 2.90 bits per heavy atom. The van der Waals surface area contributed by atoms with Crippen molar-refractivity contribution in [2.45, 2.75) is 50.4 Å². The lowest BCUT2D eigenvalue weighted by atomic mass is 9.84. The fourth-order valence-corrected chi connectivity index (χ4v) is 4.84. The molecule has 4 aliphatic rings. The van der Waals surface area contributed by atoms with Crippen LogP contribution < -0.4 is 0 Å². The fraction of sp³-hybridized carbons (Fsp3) is 0.727. The third kappa shape index (κ3) is 4.55. The zero-order valence-corrected chi connectivity index (χ0v) is 17.7. The maximum absolute atomic E-state index is 12.1. The summed E-state index contributed by atoms with van der Waals surface area (Å²) in [5, 5.41) is 9.73. The third-order valence-electron chi connectivity index (χ3n) is 6.89. The predicted molar refractivity (Wildman–Crippen MR) is 109 cm³/mol. The summed E-state index contributed by atoms with van der Waals surface area (Å²) >= 11 is 0. The molecule has 0 saturated carbocycles. The van der Waals surface area contributed by atoms with E-state index in [1.807, 2.05) is 0 Å². The molecule has 3 heterocycles. The van der Waals surface area contributed by atoms with Crippen LogP contribution in [0.1, 0.15) is 32.6 Å². The normalized spacial score (nSPS) is 36.2. The van der Waals surface area contributed by atoms with Crippen LogP contribution in [0.3, 0.4) is 0 Å². The lowest BCUT2D eigenvalue weighted by Crippen LogP contribution is -2.43. The van der Waals surface area contributed by atoms with E-state index in [9.17, 15) is 14.7 Å². The van der Waals surface area contributed by atoms with E-state index >= 15 is 0 Å². The average Bonchev–Trinajstić information content (AvgIpc) is 3.31. The number of carboxylic acid groups (broad SMARTS) is 1. The first-order valence-corrected chi connectivity index (χ1v) is 10.9. The Labute approximate surface area is 177 Å². The van der Waals surface area contributed by atoms with E-state index in [-0.39, 0.29) is 29.7 Å². The number of rotatable bonds is 5. The highest BCUT2D eigenvalue weighted by Crippen LogP contribution is 2.49. The molecule has 0 unspecified atom stereocenters. The standard InChI is InChI=1S/C22H32N2O6/c1-15-17-6-5-16(4-3-7-22(2)19(30-22)18(17)29-20(15)25)14-24(21(26)27)9-8-23-10-12-28-13-11-23/h4,17-19H,1,3,5-14H2,2H3,(H,26,27)/b16-4+/t17-,18-,19-,22+/m0/s1. The molecule has 0 aromatic heterocycles. The molecule has 3 aliphatic heterocycles. The highest BCUT2D eigenvalue weighted by molar-refractivity contribution is 5.91. The fourth-order valence-electron chi connectivity index (χ4n) is 4.84. The van der Waals surface area contributed by atoms with E-state index < -0.39 is 6.09 Å². The highest BCUT2D eigenvalue weighted by atomic mass is 16.6. The lowest BCUT2D eigenvalue weighted by molar-refractivity contribution is -0.140. The van der Waals surface area contributed by atoms with Gasteiger partial charge in [0.05, 0.1) is 18.8 Å². The Balaban J connectivity index is 1.41. The van der Waals surface area contributed by atoms with E-state index in [2.05, 4.69) is 24.5 Å². The molecule has 0 bridgehead atoms. The first-order valence-electron chi connectivity index (χ1n) is 10.9. The number of ether oxygens (including phenoxy) is 3. The minimum Gasteiger partial charge on any atom is -0.465 e. The summed E-state index contributed by atoms with van der Waals surface area (Å²) < 4.78 is 16.9. The van der Waals surface area contributed by atoms with Crippen molar-refractivity contribution in [1.29, 1.82) is 0 Å². The summed E-state index contributed by atoms with van der Waals surface area (Å²) in [5.74, 6) is -0.400. The van der Waals surface area contributed by atoms with Gasteiger partial charge in [0, 0.05) is 44.2 Å². The van der Waals surface area contributed by atoms with Crippen molar-refractivity contribution >= 4 is 12.1 Å². The Kier molecular flexibility index (Phi) is 6.18. The topological polar surface area (TPSA) is 91.8 Å². The van der Waals surface area contributed by atoms with E-state index in [1.165, 1.54) is 4.90 Å². The van der Waals surface area contributed by atoms with Crippen LogP contribution in [-0.4, -0.2) is 90.7 Å². The van der Waals surface area contributed by atoms with E-state index in [0.29, 0.717) is 44.8 Å². The summed E-state index contributed by atoms with van der Waals surface area (Å²) in [7, 11) is 0. The summed E-state index contributed by atoms with van der Waals surface area (Å²) in [5.41, 5.74) is 1.32. The number of morpholine rings is 1. The van der Waals surface area contributed by atoms with Crippen molar-refractivity contribution in [1.82, 2.24) is 9.80 Å². The van der Waals surface area contributed by atoms with Crippen LogP contribution in [0.5, 0.6) is 0 Å². The summed E-state index contributed by atoms with van der Waals surface area (Å²) in [4.78, 5) is 27.7. The Morgan fingerprint density at radius 2 is 2.17 bits per heavy atom. The van der Waals surface area contributed by atoms with Gasteiger partial charge in [-0.1, -0.05) is 18.2 Å². The number of amides is 1. The molecule has 30 heavy (non-hydrogen) atoms. The van der Waals surface area contributed by atoms with Crippen LogP contribution in [-0.2, 0) is 19.0 Å². The Bertz CT molecular complexity index is 731. The molecule has 4 atom stereocenters. The van der Waals surface area contributed by atoms with E-state index in [4.69, 9.17) is 14.2 Å². The second-order valence-electron chi connectivity index (χ2n) is 8.95. The molecular weight excluding hydrogens is 388 g/mol. The quantitative estimate of drug-likeness (QED) is 0.315. The second-order valence-corrected chi connectivity index (χ2v) is 8.95. The smallest absolute Gasteiger partial charge is 0.407 e. The van der Waals surface area contributed by atoms with Crippen molar-refractivity contribution in [3.63, 3.8) is 0 Å². The van der Waals surface area contributed by atoms with Crippen LogP contribution >= 0.6 is 0 Å². The van der Waals surface area contributed by atoms with Crippen molar-refractivity contribution in [3.05, 3.63) is 23.8 Å². The zero-order chi connectivity index (χ0) is 21.3. The summed E-state index contributed by atoms with van der Waals surface area (Å²) in [6.07, 6.45) is 4.02. The van der Waals surface area contributed by atoms with E-state index in [1.54, 1.807) is 0 Å². The Morgan fingerprint density at radius 1 is 1.40 bits per heavy atom. The molecule has 0 radical (unpaired) electrons. The number of hydrogen-bond donors (Lipinski definition) is 1. The van der Waals surface area contributed by atoms with Gasteiger partial charge in [0.2, 0.25) is 0 Å². The van der Waals surface area contributed by atoms with Crippen LogP contribution in [0.15, 0.2) is 23.8 Å². The monoisotopic (exact) mass is 420 g/mol. The van der Waals surface area contributed by atoms with Gasteiger partial charge in [-0.05, 0) is 32.6 Å². The number of fused-ring (bicyclic) bond motifs is 3. The Hall–Kier alpha value is -1.90. The number of hydrogen-bond acceptors (Lipinski definition) is 6. The van der Waals surface area contributed by atoms with Crippen molar-refractivity contribution in [3.8, 4) is 0 Å². The minimum absolute atomic E-state index is 0.0651. The van der Waals surface area contributed by atoms with Crippen molar-refractivity contribution in [2.75, 3.05) is 45.9 Å². The molecule has 0 aromatic rings. The number of carbonyl (C=O) groups is 2. The number of epoxide rings is 1. The number of esters is 1. The summed E-state index contributed by atoms with van der Waals surface area (Å²) in [6, 6.07) is 0. The van der Waals surface area contributed by atoms with Gasteiger partial charge in [-0.3, -0.25) is 4.90 Å². The van der Waals surface area contributed by atoms with Crippen LogP contribution in [0, 0.1) is 5.92 Å². The maximum atomic E-state index is 12.1. The van der Waals surface area contributed by atoms with Crippen LogP contribution in [0.4, 0.5) is 4.79 Å². The highest BCUT2D eigenvalue weighted by Gasteiger charge is 2.61. The maximum Gasteiger partial charge on any atom is 0.407 e. The molecule has 1 N–H and O–H groups in total.